The van der Waals surface area contributed by atoms with Crippen molar-refractivity contribution in [2.75, 3.05) is 32.7 Å². The summed E-state index contributed by atoms with van der Waals surface area (Å²) in [6, 6.07) is 9.20. The van der Waals surface area contributed by atoms with E-state index in [4.69, 9.17) is 16.3 Å². The van der Waals surface area contributed by atoms with Crippen LogP contribution >= 0.6 is 24.0 Å². The zero-order valence-electron chi connectivity index (χ0n) is 17.2. The fourth-order valence-corrected chi connectivity index (χ4v) is 4.57. The Balaban J connectivity index is 0.00000256. The van der Waals surface area contributed by atoms with Crippen LogP contribution in [0.15, 0.2) is 42.7 Å². The van der Waals surface area contributed by atoms with Crippen molar-refractivity contribution in [3.05, 3.63) is 59.1 Å². The molecule has 30 heavy (non-hydrogen) atoms. The van der Waals surface area contributed by atoms with Gasteiger partial charge >= 0.3 is 0 Å². The Morgan fingerprint density at radius 2 is 1.97 bits per heavy atom. The number of hydrogen-bond donors (Lipinski definition) is 0. The molecule has 4 heterocycles. The molecule has 2 saturated heterocycles. The first-order valence-corrected chi connectivity index (χ1v) is 10.6. The molecule has 1 atom stereocenters. The summed E-state index contributed by atoms with van der Waals surface area (Å²) < 4.78 is 6.39. The van der Waals surface area contributed by atoms with Crippen LogP contribution in [0.5, 0.6) is 0 Å². The van der Waals surface area contributed by atoms with Crippen LogP contribution in [-0.4, -0.2) is 70.1 Å². The summed E-state index contributed by atoms with van der Waals surface area (Å²) in [6.45, 7) is 6.12. The van der Waals surface area contributed by atoms with Crippen molar-refractivity contribution in [3.8, 4) is 0 Å². The molecule has 1 unspecified atom stereocenters. The number of halogens is 2. The number of ether oxygens (including phenoxy) is 1. The molecule has 0 aromatic carbocycles. The number of nitrogens with zero attached hydrogens (tertiary/aromatic N) is 4. The summed E-state index contributed by atoms with van der Waals surface area (Å²) in [5.41, 5.74) is 1.19. The Morgan fingerprint density at radius 1 is 1.20 bits per heavy atom. The number of morpholine rings is 1. The highest BCUT2D eigenvalue weighted by Crippen LogP contribution is 2.33. The predicted octanol–water partition coefficient (Wildman–Crippen LogP) is 3.49. The van der Waals surface area contributed by atoms with Gasteiger partial charge in [0.15, 0.2) is 0 Å². The second-order valence-electron chi connectivity index (χ2n) is 8.04. The molecule has 1 amide bonds. The lowest BCUT2D eigenvalue weighted by Crippen LogP contribution is -2.60. The number of likely N-dealkylation sites (tertiary alicyclic amines) is 1. The first kappa shape index (κ1) is 22.9. The zero-order chi connectivity index (χ0) is 20.3. The Kier molecular flexibility index (Phi) is 7.69. The van der Waals surface area contributed by atoms with Crippen molar-refractivity contribution in [1.29, 1.82) is 0 Å². The average Bonchev–Trinajstić information content (AvgIpc) is 2.74. The van der Waals surface area contributed by atoms with E-state index >= 15 is 0 Å². The van der Waals surface area contributed by atoms with Gasteiger partial charge < -0.3 is 14.5 Å². The summed E-state index contributed by atoms with van der Waals surface area (Å²) >= 11 is 6.23. The van der Waals surface area contributed by atoms with E-state index in [-0.39, 0.29) is 30.0 Å². The summed E-state index contributed by atoms with van der Waals surface area (Å²) in [5, 5.41) is 0.731. The maximum absolute atomic E-state index is 12.9. The third kappa shape index (κ3) is 5.30. The van der Waals surface area contributed by atoms with Gasteiger partial charge in [0.1, 0.15) is 5.69 Å². The van der Waals surface area contributed by atoms with Crippen molar-refractivity contribution >= 4 is 29.9 Å². The second kappa shape index (κ2) is 10.1. The molecule has 2 aromatic rings. The van der Waals surface area contributed by atoms with E-state index < -0.39 is 0 Å². The van der Waals surface area contributed by atoms with Crippen LogP contribution in [-0.2, 0) is 11.2 Å². The fraction of sp³-hybridized carbons (Fsp3) is 0.500. The minimum Gasteiger partial charge on any atom is -0.368 e. The molecule has 2 fully saturated rings. The third-order valence-corrected chi connectivity index (χ3v) is 6.19. The van der Waals surface area contributed by atoms with Crippen molar-refractivity contribution in [2.24, 2.45) is 0 Å². The van der Waals surface area contributed by atoms with Crippen LogP contribution in [0, 0.1) is 0 Å². The van der Waals surface area contributed by atoms with Crippen LogP contribution in [0.1, 0.15) is 35.9 Å². The largest absolute Gasteiger partial charge is 0.368 e. The van der Waals surface area contributed by atoms with Crippen LogP contribution in [0.2, 0.25) is 5.02 Å². The minimum atomic E-state index is -0.263. The Labute approximate surface area is 189 Å². The van der Waals surface area contributed by atoms with Crippen LogP contribution in [0.4, 0.5) is 0 Å². The van der Waals surface area contributed by atoms with Crippen LogP contribution in [0.25, 0.3) is 0 Å². The summed E-state index contributed by atoms with van der Waals surface area (Å²) in [6.07, 6.45) is 6.15. The summed E-state index contributed by atoms with van der Waals surface area (Å²) in [5.74, 6) is -0.00708. The normalized spacial score (nSPS) is 21.3. The fourth-order valence-electron chi connectivity index (χ4n) is 4.36. The highest BCUT2D eigenvalue weighted by atomic mass is 35.5. The second-order valence-corrected chi connectivity index (χ2v) is 8.44. The molecule has 1 spiro atoms. The standard InChI is InChI=1S/C22H27ClN4O2.ClH/c1-17-15-27(21(28)20-6-2-3-10-25-20)16-22(29-17)8-13-26(14-9-22)12-7-19-18(23)5-4-11-24-19;/h2-6,10-11,17H,7-9,12-16H2,1H3;1H. The maximum Gasteiger partial charge on any atom is 0.272 e. The smallest absolute Gasteiger partial charge is 0.272 e. The molecule has 2 aromatic heterocycles. The third-order valence-electron chi connectivity index (χ3n) is 5.85. The van der Waals surface area contributed by atoms with Crippen molar-refractivity contribution in [2.45, 2.75) is 37.9 Å². The molecule has 0 saturated carbocycles. The molecule has 6 nitrogen and oxygen atoms in total. The van der Waals surface area contributed by atoms with Crippen LogP contribution in [0.3, 0.4) is 0 Å². The first-order chi connectivity index (χ1) is 14.0. The molecule has 162 valence electrons. The molecule has 0 N–H and O–H groups in total. The number of rotatable bonds is 4. The first-order valence-electron chi connectivity index (χ1n) is 10.2. The van der Waals surface area contributed by atoms with Gasteiger partial charge in [0, 0.05) is 45.0 Å². The molecule has 2 aliphatic heterocycles. The van der Waals surface area contributed by atoms with E-state index in [1.54, 1.807) is 18.5 Å². The Hall–Kier alpha value is -1.73. The Bertz CT molecular complexity index is 844. The number of aromatic nitrogens is 2. The van der Waals surface area contributed by atoms with Crippen LogP contribution < -0.4 is 0 Å². The van der Waals surface area contributed by atoms with E-state index in [1.807, 2.05) is 29.2 Å². The highest BCUT2D eigenvalue weighted by Gasteiger charge is 2.43. The molecule has 8 heteroatoms. The summed E-state index contributed by atoms with van der Waals surface area (Å²) in [4.78, 5) is 25.9. The molecule has 0 radical (unpaired) electrons. The Morgan fingerprint density at radius 3 is 2.67 bits per heavy atom. The molecule has 4 rings (SSSR count). The summed E-state index contributed by atoms with van der Waals surface area (Å²) in [7, 11) is 0. The topological polar surface area (TPSA) is 58.6 Å². The van der Waals surface area contributed by atoms with E-state index in [1.165, 1.54) is 0 Å². The number of hydrogen-bond acceptors (Lipinski definition) is 5. The molecule has 0 aliphatic carbocycles. The van der Waals surface area contributed by atoms with Gasteiger partial charge in [-0.25, -0.2) is 0 Å². The number of piperidine rings is 1. The van der Waals surface area contributed by atoms with Gasteiger partial charge in [-0.1, -0.05) is 17.7 Å². The van der Waals surface area contributed by atoms with Gasteiger partial charge in [0.2, 0.25) is 0 Å². The lowest BCUT2D eigenvalue weighted by molar-refractivity contribution is -0.161. The lowest BCUT2D eigenvalue weighted by atomic mass is 9.88. The van der Waals surface area contributed by atoms with Gasteiger partial charge in [-0.2, -0.15) is 0 Å². The van der Waals surface area contributed by atoms with E-state index in [0.29, 0.717) is 18.8 Å². The highest BCUT2D eigenvalue weighted by molar-refractivity contribution is 6.31. The number of carbonyl (C=O) groups is 1. The zero-order valence-corrected chi connectivity index (χ0v) is 18.7. The van der Waals surface area contributed by atoms with Crippen molar-refractivity contribution < 1.29 is 9.53 Å². The minimum absolute atomic E-state index is 0. The molecule has 2 aliphatic rings. The van der Waals surface area contributed by atoms with Gasteiger partial charge in [0.25, 0.3) is 5.91 Å². The molecular formula is C22H28Cl2N4O2. The average molecular weight is 451 g/mol. The number of amides is 1. The molecule has 0 bridgehead atoms. The quantitative estimate of drug-likeness (QED) is 0.713. The van der Waals surface area contributed by atoms with E-state index in [2.05, 4.69) is 21.8 Å². The monoisotopic (exact) mass is 450 g/mol. The van der Waals surface area contributed by atoms with Gasteiger partial charge in [-0.15, -0.1) is 12.4 Å². The van der Waals surface area contributed by atoms with E-state index in [0.717, 1.165) is 49.6 Å². The van der Waals surface area contributed by atoms with E-state index in [9.17, 15) is 4.79 Å². The van der Waals surface area contributed by atoms with Gasteiger partial charge in [-0.05, 0) is 44.0 Å². The molecular weight excluding hydrogens is 423 g/mol. The maximum atomic E-state index is 12.9. The lowest BCUT2D eigenvalue weighted by Gasteiger charge is -2.49. The predicted molar refractivity (Wildman–Crippen MR) is 119 cm³/mol. The van der Waals surface area contributed by atoms with Crippen molar-refractivity contribution in [3.63, 3.8) is 0 Å². The van der Waals surface area contributed by atoms with Crippen molar-refractivity contribution in [1.82, 2.24) is 19.8 Å². The SMILES string of the molecule is CC1CN(C(=O)c2ccccn2)CC2(CCN(CCc3ncccc3Cl)CC2)O1.Cl. The van der Waals surface area contributed by atoms with Gasteiger partial charge in [0.05, 0.1) is 29.0 Å². The van der Waals surface area contributed by atoms with Gasteiger partial charge in [-0.3, -0.25) is 14.8 Å². The number of carbonyl (C=O) groups excluding carboxylic acids is 1. The number of pyridine rings is 2.